The molecule has 2 aromatic heterocycles. The second-order valence-corrected chi connectivity index (χ2v) is 9.12. The van der Waals surface area contributed by atoms with Gasteiger partial charge in [0.15, 0.2) is 0 Å². The van der Waals surface area contributed by atoms with Gasteiger partial charge in [0, 0.05) is 47.5 Å². The van der Waals surface area contributed by atoms with E-state index in [1.54, 1.807) is 0 Å². The Balaban J connectivity index is 1.47. The molecule has 1 N–H and O–H groups in total. The van der Waals surface area contributed by atoms with Crippen LogP contribution in [0.25, 0.3) is 21.9 Å². The Kier molecular flexibility index (Phi) is 5.17. The molecule has 0 bridgehead atoms. The molecule has 29 heavy (non-hydrogen) atoms. The summed E-state index contributed by atoms with van der Waals surface area (Å²) in [6, 6.07) is 8.55. The van der Waals surface area contributed by atoms with Crippen molar-refractivity contribution in [1.82, 2.24) is 19.7 Å². The van der Waals surface area contributed by atoms with Crippen LogP contribution >= 0.6 is 0 Å². The van der Waals surface area contributed by atoms with Gasteiger partial charge in [0.1, 0.15) is 5.82 Å². The van der Waals surface area contributed by atoms with Gasteiger partial charge in [-0.15, -0.1) is 0 Å². The van der Waals surface area contributed by atoms with Crippen molar-refractivity contribution in [3.63, 3.8) is 0 Å². The number of allylic oxidation sites excluding steroid dienone is 1. The molecule has 1 aliphatic rings. The molecule has 0 amide bonds. The summed E-state index contributed by atoms with van der Waals surface area (Å²) >= 11 is 0. The maximum absolute atomic E-state index is 4.60. The lowest BCUT2D eigenvalue weighted by molar-refractivity contribution is 0.0952. The molecule has 152 valence electrons. The van der Waals surface area contributed by atoms with Gasteiger partial charge in [-0.05, 0) is 69.8 Å². The highest BCUT2D eigenvalue weighted by atomic mass is 15.2. The molecule has 0 unspecified atom stereocenters. The van der Waals surface area contributed by atoms with E-state index in [1.165, 1.54) is 5.39 Å². The number of benzene rings is 1. The number of aryl methyl sites for hydroxylation is 1. The Morgan fingerprint density at radius 2 is 1.83 bits per heavy atom. The summed E-state index contributed by atoms with van der Waals surface area (Å²) in [7, 11) is 1.94. The maximum Gasteiger partial charge on any atom is 0.130 e. The summed E-state index contributed by atoms with van der Waals surface area (Å²) in [5, 5.41) is 10.1. The van der Waals surface area contributed by atoms with Crippen LogP contribution in [-0.2, 0) is 7.05 Å². The van der Waals surface area contributed by atoms with Gasteiger partial charge >= 0.3 is 0 Å². The summed E-state index contributed by atoms with van der Waals surface area (Å²) in [6.45, 7) is 13.4. The van der Waals surface area contributed by atoms with Crippen LogP contribution in [0, 0.1) is 5.92 Å². The number of rotatable bonds is 4. The molecule has 4 rings (SSSR count). The molecule has 5 nitrogen and oxygen atoms in total. The quantitative estimate of drug-likeness (QED) is 0.676. The smallest absolute Gasteiger partial charge is 0.130 e. The van der Waals surface area contributed by atoms with Crippen molar-refractivity contribution in [3.8, 4) is 11.1 Å². The lowest BCUT2D eigenvalue weighted by Gasteiger charge is -2.41. The van der Waals surface area contributed by atoms with E-state index in [2.05, 4.69) is 71.9 Å². The van der Waals surface area contributed by atoms with Crippen LogP contribution in [0.3, 0.4) is 0 Å². The molecule has 0 spiro atoms. The monoisotopic (exact) mass is 389 g/mol. The van der Waals surface area contributed by atoms with Gasteiger partial charge in [-0.2, -0.15) is 5.10 Å². The highest BCUT2D eigenvalue weighted by Gasteiger charge is 2.28. The zero-order valence-electron chi connectivity index (χ0n) is 17.9. The zero-order chi connectivity index (χ0) is 20.6. The van der Waals surface area contributed by atoms with Crippen LogP contribution in [0.4, 0.5) is 5.82 Å². The average molecular weight is 390 g/mol. The molecule has 5 heteroatoms. The Morgan fingerprint density at radius 3 is 2.48 bits per heavy atom. The van der Waals surface area contributed by atoms with Crippen molar-refractivity contribution in [1.29, 1.82) is 0 Å². The predicted octanol–water partition coefficient (Wildman–Crippen LogP) is 5.07. The van der Waals surface area contributed by atoms with Gasteiger partial charge in [-0.1, -0.05) is 18.7 Å². The normalized spacial score (nSPS) is 16.3. The van der Waals surface area contributed by atoms with Crippen LogP contribution in [0.1, 0.15) is 33.6 Å². The van der Waals surface area contributed by atoms with E-state index in [9.17, 15) is 0 Å². The molecule has 1 saturated heterocycles. The highest BCUT2D eigenvalue weighted by molar-refractivity contribution is 5.88. The Labute approximate surface area is 173 Å². The number of piperidine rings is 1. The number of hydrogen-bond acceptors (Lipinski definition) is 4. The summed E-state index contributed by atoms with van der Waals surface area (Å²) in [6.07, 6.45) is 8.14. The van der Waals surface area contributed by atoms with Crippen molar-refractivity contribution in [2.75, 3.05) is 18.4 Å². The SMILES string of the molecule is C=C(Nc1cc2cc(-c3cnn(C)c3)ccc2cn1)C1CCN(C(C)(C)C)CC1. The number of pyridine rings is 1. The number of fused-ring (bicyclic) bond motifs is 1. The van der Waals surface area contributed by atoms with Gasteiger partial charge in [-0.3, -0.25) is 9.58 Å². The van der Waals surface area contributed by atoms with Gasteiger partial charge in [0.05, 0.1) is 6.20 Å². The number of anilines is 1. The van der Waals surface area contributed by atoms with Gasteiger partial charge in [0.2, 0.25) is 0 Å². The zero-order valence-corrected chi connectivity index (χ0v) is 17.9. The van der Waals surface area contributed by atoms with Crippen LogP contribution in [0.15, 0.2) is 55.1 Å². The average Bonchev–Trinajstić information content (AvgIpc) is 3.13. The number of hydrogen-bond donors (Lipinski definition) is 1. The number of aromatic nitrogens is 3. The molecule has 1 aliphatic heterocycles. The van der Waals surface area contributed by atoms with Gasteiger partial charge in [-0.25, -0.2) is 4.98 Å². The molecule has 0 atom stereocenters. The second-order valence-electron chi connectivity index (χ2n) is 9.12. The molecular formula is C24H31N5. The van der Waals surface area contributed by atoms with E-state index in [-0.39, 0.29) is 5.54 Å². The minimum absolute atomic E-state index is 0.242. The minimum atomic E-state index is 0.242. The third-order valence-electron chi connectivity index (χ3n) is 5.99. The van der Waals surface area contributed by atoms with Crippen LogP contribution < -0.4 is 5.32 Å². The molecule has 0 aliphatic carbocycles. The first-order chi connectivity index (χ1) is 13.8. The topological polar surface area (TPSA) is 46.0 Å². The Morgan fingerprint density at radius 1 is 1.07 bits per heavy atom. The van der Waals surface area contributed by atoms with Crippen molar-refractivity contribution >= 4 is 16.6 Å². The number of likely N-dealkylation sites (tertiary alicyclic amines) is 1. The first-order valence-electron chi connectivity index (χ1n) is 10.4. The van der Waals surface area contributed by atoms with Crippen LogP contribution in [0.5, 0.6) is 0 Å². The van der Waals surface area contributed by atoms with Gasteiger partial charge in [0.25, 0.3) is 0 Å². The fourth-order valence-corrected chi connectivity index (χ4v) is 4.12. The van der Waals surface area contributed by atoms with Crippen molar-refractivity contribution in [2.45, 2.75) is 39.2 Å². The summed E-state index contributed by atoms with van der Waals surface area (Å²) in [5.41, 5.74) is 3.60. The fraction of sp³-hybridized carbons (Fsp3) is 0.417. The first-order valence-corrected chi connectivity index (χ1v) is 10.4. The molecule has 0 radical (unpaired) electrons. The molecule has 3 heterocycles. The molecular weight excluding hydrogens is 358 g/mol. The summed E-state index contributed by atoms with van der Waals surface area (Å²) < 4.78 is 1.83. The van der Waals surface area contributed by atoms with E-state index < -0.39 is 0 Å². The summed E-state index contributed by atoms with van der Waals surface area (Å²) in [5.74, 6) is 1.36. The number of nitrogens with zero attached hydrogens (tertiary/aromatic N) is 4. The van der Waals surface area contributed by atoms with Gasteiger partial charge < -0.3 is 5.32 Å². The van der Waals surface area contributed by atoms with Crippen molar-refractivity contribution < 1.29 is 0 Å². The summed E-state index contributed by atoms with van der Waals surface area (Å²) in [4.78, 5) is 7.16. The lowest BCUT2D eigenvalue weighted by atomic mass is 9.91. The maximum atomic E-state index is 4.60. The standard InChI is InChI=1S/C24H31N5/c1-17(18-8-10-29(11-9-18)24(2,3)4)27-23-13-21-12-19(6-7-20(21)14-25-23)22-15-26-28(5)16-22/h6-7,12-16,18H,1,8-11H2,2-5H3,(H,25,27). The van der Waals surface area contributed by atoms with E-state index in [4.69, 9.17) is 0 Å². The lowest BCUT2D eigenvalue weighted by Crippen LogP contribution is -2.46. The van der Waals surface area contributed by atoms with Crippen LogP contribution in [0.2, 0.25) is 0 Å². The number of nitrogens with one attached hydrogen (secondary N) is 1. The van der Waals surface area contributed by atoms with E-state index >= 15 is 0 Å². The van der Waals surface area contributed by atoms with Crippen LogP contribution in [-0.4, -0.2) is 38.3 Å². The molecule has 1 fully saturated rings. The predicted molar refractivity (Wildman–Crippen MR) is 121 cm³/mol. The van der Waals surface area contributed by atoms with E-state index in [0.29, 0.717) is 5.92 Å². The van der Waals surface area contributed by atoms with Crippen molar-refractivity contribution in [3.05, 3.63) is 55.1 Å². The third-order valence-corrected chi connectivity index (χ3v) is 5.99. The van der Waals surface area contributed by atoms with E-state index in [0.717, 1.165) is 54.0 Å². The fourth-order valence-electron chi connectivity index (χ4n) is 4.12. The largest absolute Gasteiger partial charge is 0.344 e. The first kappa shape index (κ1) is 19.6. The molecule has 3 aromatic rings. The van der Waals surface area contributed by atoms with Crippen molar-refractivity contribution in [2.24, 2.45) is 13.0 Å². The molecule has 1 aromatic carbocycles. The second kappa shape index (κ2) is 7.64. The molecule has 0 saturated carbocycles. The minimum Gasteiger partial charge on any atom is -0.344 e. The Hall–Kier alpha value is -2.66. The highest BCUT2D eigenvalue weighted by Crippen LogP contribution is 2.29. The third kappa shape index (κ3) is 4.35. The Bertz CT molecular complexity index is 1020. The van der Waals surface area contributed by atoms with E-state index in [1.807, 2.05) is 30.3 Å².